The average molecular weight is 294 g/mol. The Hall–Kier alpha value is -2.17. The highest BCUT2D eigenvalue weighted by atomic mass is 16.5. The Morgan fingerprint density at radius 1 is 1.14 bits per heavy atom. The second-order valence-electron chi connectivity index (χ2n) is 4.38. The molecule has 0 aromatic heterocycles. The Labute approximate surface area is 125 Å². The van der Waals surface area contributed by atoms with E-state index in [0.29, 0.717) is 29.2 Å². The van der Waals surface area contributed by atoms with Crippen molar-refractivity contribution in [2.45, 2.75) is 20.3 Å². The van der Waals surface area contributed by atoms with E-state index in [9.17, 15) is 4.79 Å². The molecule has 0 heterocycles. The molecule has 0 aliphatic carbocycles. The average Bonchev–Trinajstić information content (AvgIpc) is 2.51. The van der Waals surface area contributed by atoms with Gasteiger partial charge in [-0.05, 0) is 37.1 Å². The zero-order valence-electron chi connectivity index (χ0n) is 13.2. The first-order chi connectivity index (χ1) is 10.1. The minimum Gasteiger partial charge on any atom is -0.493 e. The van der Waals surface area contributed by atoms with Crippen LogP contribution in [0, 0.1) is 6.92 Å². The lowest BCUT2D eigenvalue weighted by Gasteiger charge is -2.14. The molecule has 0 unspecified atom stereocenters. The molecule has 5 nitrogen and oxygen atoms in total. The highest BCUT2D eigenvalue weighted by Crippen LogP contribution is 2.38. The zero-order valence-corrected chi connectivity index (χ0v) is 13.2. The van der Waals surface area contributed by atoms with Crippen LogP contribution in [0.4, 0.5) is 0 Å². The molecule has 1 aromatic rings. The number of benzene rings is 1. The van der Waals surface area contributed by atoms with E-state index in [1.54, 1.807) is 20.3 Å². The van der Waals surface area contributed by atoms with Crippen molar-refractivity contribution in [2.75, 3.05) is 27.9 Å². The molecule has 0 aliphatic heterocycles. The van der Waals surface area contributed by atoms with Crippen molar-refractivity contribution in [2.24, 2.45) is 0 Å². The Morgan fingerprint density at radius 3 is 2.14 bits per heavy atom. The molecule has 0 spiro atoms. The fourth-order valence-corrected chi connectivity index (χ4v) is 1.88. The quantitative estimate of drug-likeness (QED) is 0.571. The molecule has 0 fully saturated rings. The van der Waals surface area contributed by atoms with Crippen LogP contribution < -0.4 is 14.2 Å². The van der Waals surface area contributed by atoms with E-state index in [4.69, 9.17) is 18.9 Å². The van der Waals surface area contributed by atoms with Crippen LogP contribution in [0.5, 0.6) is 17.2 Å². The van der Waals surface area contributed by atoms with Gasteiger partial charge in [0.15, 0.2) is 11.5 Å². The van der Waals surface area contributed by atoms with E-state index in [1.807, 2.05) is 26.0 Å². The molecule has 0 saturated carbocycles. The van der Waals surface area contributed by atoms with Crippen molar-refractivity contribution in [3.05, 3.63) is 29.3 Å². The number of carbonyl (C=O) groups excluding carboxylic acids is 1. The van der Waals surface area contributed by atoms with Gasteiger partial charge in [0.05, 0.1) is 21.3 Å². The molecule has 0 bridgehead atoms. The van der Waals surface area contributed by atoms with Crippen LogP contribution in [0.25, 0.3) is 0 Å². The summed E-state index contributed by atoms with van der Waals surface area (Å²) in [6.07, 6.45) is 2.28. The van der Waals surface area contributed by atoms with Gasteiger partial charge in [-0.15, -0.1) is 0 Å². The summed E-state index contributed by atoms with van der Waals surface area (Å²) in [5, 5.41) is 0. The fraction of sp³-hybridized carbons (Fsp3) is 0.438. The number of methoxy groups -OCH3 is 3. The number of esters is 1. The molecular weight excluding hydrogens is 272 g/mol. The maximum Gasteiger partial charge on any atom is 0.333 e. The lowest BCUT2D eigenvalue weighted by molar-refractivity contribution is -0.136. The van der Waals surface area contributed by atoms with Crippen LogP contribution in [-0.4, -0.2) is 33.9 Å². The third-order valence-corrected chi connectivity index (χ3v) is 2.99. The molecule has 0 saturated heterocycles. The summed E-state index contributed by atoms with van der Waals surface area (Å²) in [6, 6.07) is 3.73. The number of aryl methyl sites for hydroxylation is 1. The highest BCUT2D eigenvalue weighted by Gasteiger charge is 2.13. The smallest absolute Gasteiger partial charge is 0.333 e. The van der Waals surface area contributed by atoms with Gasteiger partial charge in [-0.25, -0.2) is 4.79 Å². The number of hydrogen-bond acceptors (Lipinski definition) is 5. The van der Waals surface area contributed by atoms with Gasteiger partial charge in [0.2, 0.25) is 5.75 Å². The molecular formula is C16H22O5. The number of carbonyl (C=O) groups is 1. The van der Waals surface area contributed by atoms with Crippen LogP contribution in [0.3, 0.4) is 0 Å². The summed E-state index contributed by atoms with van der Waals surface area (Å²) < 4.78 is 21.0. The van der Waals surface area contributed by atoms with E-state index >= 15 is 0 Å². The highest BCUT2D eigenvalue weighted by molar-refractivity contribution is 5.88. The topological polar surface area (TPSA) is 54.0 Å². The number of hydrogen-bond donors (Lipinski definition) is 0. The van der Waals surface area contributed by atoms with E-state index < -0.39 is 0 Å². The van der Waals surface area contributed by atoms with Crippen molar-refractivity contribution < 1.29 is 23.7 Å². The van der Waals surface area contributed by atoms with Gasteiger partial charge >= 0.3 is 5.97 Å². The molecule has 0 radical (unpaired) electrons. The molecule has 0 aliphatic rings. The molecule has 116 valence electrons. The van der Waals surface area contributed by atoms with E-state index in [1.165, 1.54) is 7.11 Å². The number of rotatable bonds is 7. The maximum absolute atomic E-state index is 11.5. The molecule has 21 heavy (non-hydrogen) atoms. The van der Waals surface area contributed by atoms with Gasteiger partial charge in [-0.2, -0.15) is 0 Å². The van der Waals surface area contributed by atoms with Gasteiger partial charge < -0.3 is 18.9 Å². The summed E-state index contributed by atoms with van der Waals surface area (Å²) >= 11 is 0. The minimum atomic E-state index is -0.344. The van der Waals surface area contributed by atoms with E-state index in [0.717, 1.165) is 5.56 Å². The summed E-state index contributed by atoms with van der Waals surface area (Å²) in [4.78, 5) is 11.5. The van der Waals surface area contributed by atoms with E-state index in [2.05, 4.69) is 0 Å². The molecule has 0 N–H and O–H groups in total. The zero-order chi connectivity index (χ0) is 15.8. The summed E-state index contributed by atoms with van der Waals surface area (Å²) in [5.74, 6) is 1.36. The lowest BCUT2D eigenvalue weighted by atomic mass is 10.2. The first-order valence-electron chi connectivity index (χ1n) is 6.70. The Morgan fingerprint density at radius 2 is 1.71 bits per heavy atom. The van der Waals surface area contributed by atoms with Crippen molar-refractivity contribution in [3.8, 4) is 17.2 Å². The standard InChI is InChI=1S/C16H22O5/c1-6-12(16(17)20-5)7-8-21-15-13(18-3)9-11(2)10-14(15)19-4/h7,9-10H,6,8H2,1-5H3. The monoisotopic (exact) mass is 294 g/mol. The Balaban J connectivity index is 2.93. The summed E-state index contributed by atoms with van der Waals surface area (Å²) in [6.45, 7) is 4.06. The number of ether oxygens (including phenoxy) is 4. The first kappa shape index (κ1) is 16.9. The SMILES string of the molecule is CCC(=CCOc1c(OC)cc(C)cc1OC)C(=O)OC. The van der Waals surface area contributed by atoms with Crippen molar-refractivity contribution >= 4 is 5.97 Å². The second-order valence-corrected chi connectivity index (χ2v) is 4.38. The van der Waals surface area contributed by atoms with Gasteiger partial charge in [0.1, 0.15) is 6.61 Å². The Kier molecular flexibility index (Phi) is 6.59. The van der Waals surface area contributed by atoms with Gasteiger partial charge in [-0.3, -0.25) is 0 Å². The van der Waals surface area contributed by atoms with Crippen LogP contribution in [0.1, 0.15) is 18.9 Å². The molecule has 5 heteroatoms. The van der Waals surface area contributed by atoms with E-state index in [-0.39, 0.29) is 12.6 Å². The van der Waals surface area contributed by atoms with Crippen molar-refractivity contribution in [3.63, 3.8) is 0 Å². The second kappa shape index (κ2) is 8.19. The molecule has 1 aromatic carbocycles. The molecule has 0 amide bonds. The fourth-order valence-electron chi connectivity index (χ4n) is 1.88. The largest absolute Gasteiger partial charge is 0.493 e. The van der Waals surface area contributed by atoms with Crippen LogP contribution >= 0.6 is 0 Å². The van der Waals surface area contributed by atoms with Crippen molar-refractivity contribution in [1.29, 1.82) is 0 Å². The lowest BCUT2D eigenvalue weighted by Crippen LogP contribution is -2.07. The first-order valence-corrected chi connectivity index (χ1v) is 6.70. The van der Waals surface area contributed by atoms with Gasteiger partial charge in [0, 0.05) is 5.57 Å². The van der Waals surface area contributed by atoms with Crippen molar-refractivity contribution in [1.82, 2.24) is 0 Å². The van der Waals surface area contributed by atoms with Crippen LogP contribution in [0.15, 0.2) is 23.8 Å². The van der Waals surface area contributed by atoms with Gasteiger partial charge in [-0.1, -0.05) is 6.92 Å². The predicted molar refractivity (Wildman–Crippen MR) is 80.2 cm³/mol. The predicted octanol–water partition coefficient (Wildman–Crippen LogP) is 2.90. The van der Waals surface area contributed by atoms with Crippen LogP contribution in [0.2, 0.25) is 0 Å². The normalized spacial score (nSPS) is 11.0. The molecule has 1 rings (SSSR count). The third kappa shape index (κ3) is 4.41. The molecule has 0 atom stereocenters. The summed E-state index contributed by atoms with van der Waals surface area (Å²) in [5.41, 5.74) is 1.58. The van der Waals surface area contributed by atoms with Crippen LogP contribution in [-0.2, 0) is 9.53 Å². The Bertz CT molecular complexity index is 494. The van der Waals surface area contributed by atoms with Gasteiger partial charge in [0.25, 0.3) is 0 Å². The third-order valence-electron chi connectivity index (χ3n) is 2.99. The maximum atomic E-state index is 11.5. The minimum absolute atomic E-state index is 0.230. The summed E-state index contributed by atoms with van der Waals surface area (Å²) in [7, 11) is 4.50.